The lowest BCUT2D eigenvalue weighted by molar-refractivity contribution is -0.137. The summed E-state index contributed by atoms with van der Waals surface area (Å²) >= 11 is 1.75. The minimum atomic E-state index is -4.63. The largest absolute Gasteiger partial charge is 0.417 e. The summed E-state index contributed by atoms with van der Waals surface area (Å²) in [5.41, 5.74) is 1.47. The molecule has 31 heavy (non-hydrogen) atoms. The lowest BCUT2D eigenvalue weighted by Crippen LogP contribution is -2.14. The summed E-state index contributed by atoms with van der Waals surface area (Å²) in [6.45, 7) is 7.82. The molecule has 1 heterocycles. The molecule has 7 heteroatoms. The molecular formula is C24H26F4N2S. The number of aromatic nitrogens is 1. The third-order valence-corrected chi connectivity index (χ3v) is 6.36. The van der Waals surface area contributed by atoms with Crippen LogP contribution in [0.4, 0.5) is 17.6 Å². The van der Waals surface area contributed by atoms with Crippen molar-refractivity contribution in [2.24, 2.45) is 5.41 Å². The lowest BCUT2D eigenvalue weighted by atomic mass is 9.96. The average molecular weight is 451 g/mol. The number of nitrogens with zero attached hydrogens (tertiary/aromatic N) is 1. The Balaban J connectivity index is 1.78. The van der Waals surface area contributed by atoms with Gasteiger partial charge in [-0.05, 0) is 53.1 Å². The van der Waals surface area contributed by atoms with Gasteiger partial charge < -0.3 is 4.57 Å². The van der Waals surface area contributed by atoms with Crippen LogP contribution in [0.15, 0.2) is 42.6 Å². The first kappa shape index (κ1) is 22.2. The first-order valence-electron chi connectivity index (χ1n) is 10.4. The van der Waals surface area contributed by atoms with Gasteiger partial charge >= 0.3 is 6.18 Å². The fourth-order valence-corrected chi connectivity index (χ4v) is 4.59. The molecule has 0 bridgehead atoms. The van der Waals surface area contributed by atoms with Gasteiger partial charge in [-0.2, -0.15) is 13.2 Å². The van der Waals surface area contributed by atoms with Crippen LogP contribution in [-0.4, -0.2) is 9.82 Å². The summed E-state index contributed by atoms with van der Waals surface area (Å²) in [6, 6.07) is 8.23. The summed E-state index contributed by atoms with van der Waals surface area (Å²) in [7, 11) is 0. The van der Waals surface area contributed by atoms with Crippen LogP contribution in [0.2, 0.25) is 0 Å². The number of fused-ring (bicyclic) bond motifs is 1. The molecule has 0 radical (unpaired) electrons. The van der Waals surface area contributed by atoms with E-state index in [1.807, 2.05) is 6.07 Å². The van der Waals surface area contributed by atoms with E-state index in [1.54, 1.807) is 24.1 Å². The predicted molar refractivity (Wildman–Crippen MR) is 119 cm³/mol. The third kappa shape index (κ3) is 5.26. The first-order chi connectivity index (χ1) is 14.5. The lowest BCUT2D eigenvalue weighted by Gasteiger charge is -2.20. The molecule has 3 aromatic rings. The highest BCUT2D eigenvalue weighted by molar-refractivity contribution is 7.98. The molecule has 1 aliphatic carbocycles. The molecule has 0 unspecified atom stereocenters. The Bertz CT molecular complexity index is 1090. The van der Waals surface area contributed by atoms with Crippen molar-refractivity contribution in [1.29, 1.82) is 0 Å². The summed E-state index contributed by atoms with van der Waals surface area (Å²) in [6.07, 6.45) is -0.0531. The van der Waals surface area contributed by atoms with Crippen LogP contribution in [-0.2, 0) is 19.3 Å². The van der Waals surface area contributed by atoms with Crippen LogP contribution in [0.3, 0.4) is 0 Å². The Labute approximate surface area is 184 Å². The van der Waals surface area contributed by atoms with Crippen molar-refractivity contribution in [1.82, 2.24) is 9.29 Å². The van der Waals surface area contributed by atoms with Crippen molar-refractivity contribution in [3.05, 3.63) is 59.5 Å². The maximum absolute atomic E-state index is 13.6. The molecule has 0 atom stereocenters. The Hall–Kier alpha value is -1.99. The topological polar surface area (TPSA) is 17.0 Å². The molecule has 0 saturated heterocycles. The molecule has 1 N–H and O–H groups in total. The monoisotopic (exact) mass is 450 g/mol. The molecule has 1 fully saturated rings. The van der Waals surface area contributed by atoms with Crippen molar-refractivity contribution in [3.63, 3.8) is 0 Å². The van der Waals surface area contributed by atoms with E-state index in [-0.39, 0.29) is 11.0 Å². The van der Waals surface area contributed by atoms with Gasteiger partial charge in [0.15, 0.2) is 0 Å². The zero-order chi connectivity index (χ0) is 22.4. The fourth-order valence-electron chi connectivity index (χ4n) is 3.74. The SMILES string of the molecule is CC(C)(C)Cn1cc(CNSC2CC2)c2ccc(-c3ccc(F)cc3C(F)(F)F)cc21. The van der Waals surface area contributed by atoms with Crippen molar-refractivity contribution in [2.75, 3.05) is 0 Å². The van der Waals surface area contributed by atoms with Gasteiger partial charge in [0.25, 0.3) is 0 Å². The van der Waals surface area contributed by atoms with Gasteiger partial charge in [0.2, 0.25) is 0 Å². The molecule has 0 amide bonds. The second-order valence-corrected chi connectivity index (χ2v) is 10.6. The summed E-state index contributed by atoms with van der Waals surface area (Å²) in [5, 5.41) is 1.71. The minimum absolute atomic E-state index is 0.00240. The van der Waals surface area contributed by atoms with E-state index >= 15 is 0 Å². The van der Waals surface area contributed by atoms with Gasteiger partial charge in [-0.15, -0.1) is 0 Å². The van der Waals surface area contributed by atoms with E-state index < -0.39 is 17.6 Å². The number of halogens is 4. The Morgan fingerprint density at radius 2 is 1.81 bits per heavy atom. The second kappa shape index (κ2) is 8.17. The molecule has 4 rings (SSSR count). The van der Waals surface area contributed by atoms with E-state index in [0.717, 1.165) is 29.1 Å². The van der Waals surface area contributed by atoms with E-state index in [0.29, 0.717) is 23.4 Å². The molecular weight excluding hydrogens is 424 g/mol. The Morgan fingerprint density at radius 1 is 1.06 bits per heavy atom. The number of nitrogens with one attached hydrogen (secondary N) is 1. The predicted octanol–water partition coefficient (Wildman–Crippen LogP) is 7.41. The van der Waals surface area contributed by atoms with E-state index in [1.165, 1.54) is 18.9 Å². The normalized spacial score (nSPS) is 15.1. The van der Waals surface area contributed by atoms with E-state index in [9.17, 15) is 17.6 Å². The Morgan fingerprint density at radius 3 is 2.45 bits per heavy atom. The number of hydrogen-bond donors (Lipinski definition) is 1. The standard InChI is InChI=1S/C24H26F4N2S/c1-23(2,3)14-30-13-16(12-29-31-18-6-7-18)20-8-4-15(10-22(20)30)19-9-5-17(25)11-21(19)24(26,27)28/h4-5,8-11,13,18,29H,6-7,12,14H2,1-3H3. The molecule has 2 nitrogen and oxygen atoms in total. The molecule has 1 aromatic heterocycles. The highest BCUT2D eigenvalue weighted by Crippen LogP contribution is 2.39. The van der Waals surface area contributed by atoms with Crippen molar-refractivity contribution >= 4 is 22.9 Å². The Kier molecular flexibility index (Phi) is 5.85. The van der Waals surface area contributed by atoms with Gasteiger partial charge in [0.1, 0.15) is 5.82 Å². The first-order valence-corrected chi connectivity index (χ1v) is 11.3. The molecule has 0 spiro atoms. The van der Waals surface area contributed by atoms with Crippen LogP contribution in [0, 0.1) is 11.2 Å². The van der Waals surface area contributed by atoms with Crippen LogP contribution in [0.1, 0.15) is 44.7 Å². The quantitative estimate of drug-likeness (QED) is 0.311. The van der Waals surface area contributed by atoms with Gasteiger partial charge in [0.05, 0.1) is 5.56 Å². The number of alkyl halides is 3. The van der Waals surface area contributed by atoms with Crippen LogP contribution >= 0.6 is 11.9 Å². The number of hydrogen-bond acceptors (Lipinski definition) is 2. The van der Waals surface area contributed by atoms with Crippen molar-refractivity contribution in [2.45, 2.75) is 58.1 Å². The van der Waals surface area contributed by atoms with Crippen molar-refractivity contribution < 1.29 is 17.6 Å². The zero-order valence-electron chi connectivity index (χ0n) is 17.8. The fraction of sp³-hybridized carbons (Fsp3) is 0.417. The highest BCUT2D eigenvalue weighted by Gasteiger charge is 2.34. The molecule has 1 saturated carbocycles. The summed E-state index contributed by atoms with van der Waals surface area (Å²) < 4.78 is 59.8. The summed E-state index contributed by atoms with van der Waals surface area (Å²) in [4.78, 5) is 0. The molecule has 2 aromatic carbocycles. The minimum Gasteiger partial charge on any atom is -0.347 e. The van der Waals surface area contributed by atoms with Crippen molar-refractivity contribution in [3.8, 4) is 11.1 Å². The number of benzene rings is 2. The van der Waals surface area contributed by atoms with Crippen LogP contribution in [0.25, 0.3) is 22.0 Å². The maximum Gasteiger partial charge on any atom is 0.417 e. The van der Waals surface area contributed by atoms with Gasteiger partial charge in [-0.25, -0.2) is 4.39 Å². The van der Waals surface area contributed by atoms with Crippen LogP contribution < -0.4 is 4.72 Å². The molecule has 166 valence electrons. The number of rotatable bonds is 6. The van der Waals surface area contributed by atoms with E-state index in [4.69, 9.17) is 0 Å². The second-order valence-electron chi connectivity index (χ2n) is 9.40. The maximum atomic E-state index is 13.6. The van der Waals surface area contributed by atoms with Gasteiger partial charge in [-0.1, -0.05) is 50.9 Å². The van der Waals surface area contributed by atoms with Crippen LogP contribution in [0.5, 0.6) is 0 Å². The van der Waals surface area contributed by atoms with Gasteiger partial charge in [-0.3, -0.25) is 4.72 Å². The average Bonchev–Trinajstić information content (AvgIpc) is 3.43. The zero-order valence-corrected chi connectivity index (χ0v) is 18.6. The summed E-state index contributed by atoms with van der Waals surface area (Å²) in [5.74, 6) is -0.894. The van der Waals surface area contributed by atoms with Gasteiger partial charge in [0, 0.05) is 35.4 Å². The third-order valence-electron chi connectivity index (χ3n) is 5.24. The smallest absolute Gasteiger partial charge is 0.347 e. The molecule has 0 aliphatic heterocycles. The highest BCUT2D eigenvalue weighted by atomic mass is 32.2. The molecule has 1 aliphatic rings. The van der Waals surface area contributed by atoms with E-state index in [2.05, 4.69) is 36.3 Å².